The molecular weight excluding hydrogens is 437 g/mol. The van der Waals surface area contributed by atoms with Crippen LogP contribution in [0.15, 0.2) is 48.5 Å². The molecule has 1 atom stereocenters. The Balaban J connectivity index is 1.67. The molecule has 0 aliphatic heterocycles. The monoisotopic (exact) mass is 462 g/mol. The van der Waals surface area contributed by atoms with Crippen LogP contribution in [0.2, 0.25) is 0 Å². The third-order valence-corrected chi connectivity index (χ3v) is 5.47. The number of hydrogen-bond acceptors (Lipinski definition) is 4. The Bertz CT molecular complexity index is 1030. The van der Waals surface area contributed by atoms with Gasteiger partial charge in [-0.25, -0.2) is 4.79 Å². The van der Waals surface area contributed by atoms with Gasteiger partial charge in [0.1, 0.15) is 6.54 Å². The molecule has 2 aromatic carbocycles. The summed E-state index contributed by atoms with van der Waals surface area (Å²) in [5.74, 6) is -2.26. The quantitative estimate of drug-likeness (QED) is 0.582. The summed E-state index contributed by atoms with van der Waals surface area (Å²) in [4.78, 5) is 38.4. The first-order chi connectivity index (χ1) is 15.5. The van der Waals surface area contributed by atoms with Gasteiger partial charge in [0.25, 0.3) is 11.8 Å². The number of nitrogens with zero attached hydrogens (tertiary/aromatic N) is 1. The van der Waals surface area contributed by atoms with E-state index in [9.17, 15) is 27.6 Å². The molecule has 9 heteroatoms. The molecule has 0 bridgehead atoms. The minimum atomic E-state index is -4.56. The van der Waals surface area contributed by atoms with Gasteiger partial charge in [-0.2, -0.15) is 13.2 Å². The van der Waals surface area contributed by atoms with E-state index in [1.807, 2.05) is 13.0 Å². The zero-order valence-corrected chi connectivity index (χ0v) is 18.3. The van der Waals surface area contributed by atoms with Gasteiger partial charge >= 0.3 is 12.1 Å². The van der Waals surface area contributed by atoms with Gasteiger partial charge in [-0.15, -0.1) is 0 Å². The van der Waals surface area contributed by atoms with Gasteiger partial charge in [-0.1, -0.05) is 29.8 Å². The van der Waals surface area contributed by atoms with Crippen LogP contribution in [0.25, 0.3) is 0 Å². The molecule has 0 saturated heterocycles. The molecule has 176 valence electrons. The highest BCUT2D eigenvalue weighted by molar-refractivity contribution is 6.08. The number of rotatable bonds is 8. The van der Waals surface area contributed by atoms with Crippen LogP contribution in [0.3, 0.4) is 0 Å². The molecule has 1 aliphatic carbocycles. The fraction of sp³-hybridized carbons (Fsp3) is 0.375. The largest absolute Gasteiger partial charge is 0.452 e. The number of halogens is 3. The van der Waals surface area contributed by atoms with Crippen LogP contribution in [0.4, 0.5) is 18.9 Å². The molecule has 0 spiro atoms. The summed E-state index contributed by atoms with van der Waals surface area (Å²) in [6, 6.07) is 12.3. The first kappa shape index (κ1) is 24.3. The minimum absolute atomic E-state index is 0.0103. The van der Waals surface area contributed by atoms with E-state index >= 15 is 0 Å². The third-order valence-electron chi connectivity index (χ3n) is 5.47. The molecule has 0 radical (unpaired) electrons. The molecule has 0 unspecified atom stereocenters. The summed E-state index contributed by atoms with van der Waals surface area (Å²) < 4.78 is 43.9. The number of amides is 2. The fourth-order valence-electron chi connectivity index (χ4n) is 3.52. The van der Waals surface area contributed by atoms with Crippen LogP contribution in [0.1, 0.15) is 46.0 Å². The number of nitrogens with one attached hydrogen (secondary N) is 1. The maximum absolute atomic E-state index is 13.0. The lowest BCUT2D eigenvalue weighted by Crippen LogP contribution is -2.47. The van der Waals surface area contributed by atoms with Crippen molar-refractivity contribution in [2.45, 2.75) is 38.9 Å². The second-order valence-corrected chi connectivity index (χ2v) is 8.16. The Hall–Kier alpha value is -3.36. The van der Waals surface area contributed by atoms with E-state index in [1.165, 1.54) is 12.1 Å². The lowest BCUT2D eigenvalue weighted by atomic mass is 10.1. The van der Waals surface area contributed by atoms with Gasteiger partial charge < -0.3 is 15.0 Å². The standard InChI is InChI=1S/C24H25F3N2O4/c1-15-6-5-7-18(12-15)22(31)28-20-9-4-3-8-19(20)23(32)33-13-21(30)29(14-24(25,26)27)16(2)17-10-11-17/h3-9,12,16-17H,10-11,13-14H2,1-2H3,(H,28,31)/t16-/m1/s1. The number of carbonyl (C=O) groups excluding carboxylic acids is 3. The van der Waals surface area contributed by atoms with Crippen LogP contribution >= 0.6 is 0 Å². The van der Waals surface area contributed by atoms with E-state index in [0.29, 0.717) is 5.56 Å². The number of benzene rings is 2. The van der Waals surface area contributed by atoms with Crippen molar-refractivity contribution >= 4 is 23.5 Å². The van der Waals surface area contributed by atoms with Crippen molar-refractivity contribution in [3.05, 3.63) is 65.2 Å². The number of ether oxygens (including phenoxy) is 1. The minimum Gasteiger partial charge on any atom is -0.452 e. The van der Waals surface area contributed by atoms with E-state index in [0.717, 1.165) is 23.3 Å². The summed E-state index contributed by atoms with van der Waals surface area (Å²) in [7, 11) is 0. The predicted octanol–water partition coefficient (Wildman–Crippen LogP) is 4.59. The first-order valence-corrected chi connectivity index (χ1v) is 10.6. The number of carbonyl (C=O) groups is 3. The van der Waals surface area contributed by atoms with Gasteiger partial charge in [-0.3, -0.25) is 9.59 Å². The number of hydrogen-bond donors (Lipinski definition) is 1. The number of esters is 1. The Kier molecular flexibility index (Phi) is 7.40. The molecule has 33 heavy (non-hydrogen) atoms. The number of anilines is 1. The van der Waals surface area contributed by atoms with Gasteiger partial charge in [0.05, 0.1) is 11.3 Å². The van der Waals surface area contributed by atoms with Crippen molar-refractivity contribution in [2.75, 3.05) is 18.5 Å². The SMILES string of the molecule is Cc1cccc(C(=O)Nc2ccccc2C(=O)OCC(=O)N(CC(F)(F)F)[C@H](C)C2CC2)c1. The normalized spacial score (nSPS) is 14.3. The van der Waals surface area contributed by atoms with Crippen molar-refractivity contribution < 1.29 is 32.3 Å². The lowest BCUT2D eigenvalue weighted by Gasteiger charge is -2.30. The highest BCUT2D eigenvalue weighted by Gasteiger charge is 2.40. The Morgan fingerprint density at radius 2 is 1.82 bits per heavy atom. The van der Waals surface area contributed by atoms with Crippen LogP contribution in [0, 0.1) is 12.8 Å². The molecule has 1 fully saturated rings. The van der Waals surface area contributed by atoms with Crippen LogP contribution in [-0.4, -0.2) is 48.1 Å². The Morgan fingerprint density at radius 1 is 1.12 bits per heavy atom. The fourth-order valence-corrected chi connectivity index (χ4v) is 3.52. The maximum atomic E-state index is 13.0. The molecule has 3 rings (SSSR count). The van der Waals surface area contributed by atoms with Crippen molar-refractivity contribution in [1.82, 2.24) is 4.90 Å². The molecule has 1 N–H and O–H groups in total. The summed E-state index contributed by atoms with van der Waals surface area (Å²) in [6.45, 7) is 1.18. The second-order valence-electron chi connectivity index (χ2n) is 8.16. The first-order valence-electron chi connectivity index (χ1n) is 10.6. The molecule has 0 heterocycles. The lowest BCUT2D eigenvalue weighted by molar-refractivity contribution is -0.167. The molecule has 1 aliphatic rings. The molecule has 1 saturated carbocycles. The molecule has 6 nitrogen and oxygen atoms in total. The molecule has 2 aromatic rings. The highest BCUT2D eigenvalue weighted by atomic mass is 19.4. The average Bonchev–Trinajstić information content (AvgIpc) is 3.60. The van der Waals surface area contributed by atoms with Crippen molar-refractivity contribution in [3.8, 4) is 0 Å². The van der Waals surface area contributed by atoms with Gasteiger partial charge in [0.2, 0.25) is 0 Å². The third kappa shape index (κ3) is 6.81. The van der Waals surface area contributed by atoms with Crippen molar-refractivity contribution in [3.63, 3.8) is 0 Å². The highest BCUT2D eigenvalue weighted by Crippen LogP contribution is 2.36. The van der Waals surface area contributed by atoms with Crippen LogP contribution < -0.4 is 5.32 Å². The molecule has 2 amide bonds. The van der Waals surface area contributed by atoms with Crippen LogP contribution in [0.5, 0.6) is 0 Å². The second kappa shape index (κ2) is 10.1. The average molecular weight is 462 g/mol. The van der Waals surface area contributed by atoms with Crippen LogP contribution in [-0.2, 0) is 9.53 Å². The maximum Gasteiger partial charge on any atom is 0.406 e. The van der Waals surface area contributed by atoms with Crippen molar-refractivity contribution in [1.29, 1.82) is 0 Å². The van der Waals surface area contributed by atoms with E-state index in [1.54, 1.807) is 37.3 Å². The Morgan fingerprint density at radius 3 is 2.45 bits per heavy atom. The summed E-state index contributed by atoms with van der Waals surface area (Å²) in [5.41, 5.74) is 1.44. The molecule has 0 aromatic heterocycles. The van der Waals surface area contributed by atoms with Gasteiger partial charge in [0.15, 0.2) is 6.61 Å². The zero-order valence-electron chi connectivity index (χ0n) is 18.3. The predicted molar refractivity (Wildman–Crippen MR) is 116 cm³/mol. The van der Waals surface area contributed by atoms with E-state index in [4.69, 9.17) is 4.74 Å². The van der Waals surface area contributed by atoms with Gasteiger partial charge in [-0.05, 0) is 56.9 Å². The van der Waals surface area contributed by atoms with E-state index in [2.05, 4.69) is 5.32 Å². The Labute approximate surface area is 189 Å². The zero-order chi connectivity index (χ0) is 24.2. The number of alkyl halides is 3. The van der Waals surface area contributed by atoms with E-state index < -0.39 is 43.2 Å². The smallest absolute Gasteiger partial charge is 0.406 e. The topological polar surface area (TPSA) is 75.7 Å². The summed E-state index contributed by atoms with van der Waals surface area (Å²) in [5, 5.41) is 2.63. The summed E-state index contributed by atoms with van der Waals surface area (Å²) in [6.07, 6.45) is -3.04. The summed E-state index contributed by atoms with van der Waals surface area (Å²) >= 11 is 0. The van der Waals surface area contributed by atoms with Gasteiger partial charge in [0, 0.05) is 11.6 Å². The number of aryl methyl sites for hydroxylation is 1. The molecular formula is C24H25F3N2O4. The number of para-hydroxylation sites is 1. The van der Waals surface area contributed by atoms with Crippen molar-refractivity contribution in [2.24, 2.45) is 5.92 Å². The van der Waals surface area contributed by atoms with E-state index in [-0.39, 0.29) is 17.2 Å².